The lowest BCUT2D eigenvalue weighted by molar-refractivity contribution is -0.113. The molecule has 0 bridgehead atoms. The Labute approximate surface area is 213 Å². The van der Waals surface area contributed by atoms with E-state index in [1.807, 2.05) is 27.7 Å². The predicted octanol–water partition coefficient (Wildman–Crippen LogP) is 6.89. The van der Waals surface area contributed by atoms with Crippen LogP contribution in [-0.2, 0) is 9.39 Å². The number of rotatable bonds is 4. The first-order chi connectivity index (χ1) is 16.7. The predicted molar refractivity (Wildman–Crippen MR) is 144 cm³/mol. The van der Waals surface area contributed by atoms with Gasteiger partial charge in [-0.15, -0.1) is 0 Å². The Morgan fingerprint density at radius 1 is 1.00 bits per heavy atom. The summed E-state index contributed by atoms with van der Waals surface area (Å²) >= 11 is 0. The average molecular weight is 477 g/mol. The molecule has 0 aromatic carbocycles. The second kappa shape index (κ2) is 8.74. The first kappa shape index (κ1) is 24.3. The number of allylic oxidation sites excluding steroid dienone is 7. The zero-order valence-electron chi connectivity index (χ0n) is 22.5. The molecule has 1 saturated heterocycles. The highest BCUT2D eigenvalue weighted by Crippen LogP contribution is 2.68. The van der Waals surface area contributed by atoms with Crippen molar-refractivity contribution < 1.29 is 14.5 Å². The summed E-state index contributed by atoms with van der Waals surface area (Å²) in [5.74, 6) is 1.05. The first-order valence-corrected chi connectivity index (χ1v) is 14.6. The number of ether oxygens (including phenoxy) is 1. The molecule has 1 saturated carbocycles. The van der Waals surface area contributed by atoms with Gasteiger partial charge >= 0.3 is 0 Å². The summed E-state index contributed by atoms with van der Waals surface area (Å²) in [6.45, 7) is 7.79. The van der Waals surface area contributed by atoms with E-state index in [2.05, 4.69) is 18.2 Å². The second-order valence-corrected chi connectivity index (χ2v) is 13.2. The molecule has 35 heavy (non-hydrogen) atoms. The van der Waals surface area contributed by atoms with Gasteiger partial charge in [0.1, 0.15) is 0 Å². The summed E-state index contributed by atoms with van der Waals surface area (Å²) < 4.78 is 13.4. The Kier molecular flexibility index (Phi) is 6.06. The van der Waals surface area contributed by atoms with Gasteiger partial charge in [-0.25, -0.2) is 0 Å². The van der Waals surface area contributed by atoms with Crippen LogP contribution in [0.4, 0.5) is 0 Å². The maximum Gasteiger partial charge on any atom is 0.278 e. The first-order valence-electron chi connectivity index (χ1n) is 14.6. The van der Waals surface area contributed by atoms with E-state index in [-0.39, 0.29) is 5.41 Å². The Balaban J connectivity index is 1.40. The van der Waals surface area contributed by atoms with E-state index in [1.54, 1.807) is 27.9 Å². The van der Waals surface area contributed by atoms with Crippen LogP contribution in [0.15, 0.2) is 46.1 Å². The van der Waals surface area contributed by atoms with Crippen LogP contribution in [0.5, 0.6) is 0 Å². The SMILES string of the molecule is CC(C)(O)C(C)(C)OBC1CCC2OC3CCCC=C3C3(C4=C(C=CCC4)C4=C3CCCC4)C2C1. The molecule has 5 aliphatic carbocycles. The number of fused-ring (bicyclic) bond motifs is 7. The topological polar surface area (TPSA) is 38.7 Å². The van der Waals surface area contributed by atoms with Gasteiger partial charge in [0.05, 0.1) is 23.4 Å². The van der Waals surface area contributed by atoms with Gasteiger partial charge in [0.15, 0.2) is 0 Å². The quantitative estimate of drug-likeness (QED) is 0.355. The number of hydrogen-bond donors (Lipinski definition) is 1. The van der Waals surface area contributed by atoms with E-state index < -0.39 is 11.2 Å². The normalized spacial score (nSPS) is 37.0. The van der Waals surface area contributed by atoms with E-state index in [4.69, 9.17) is 9.39 Å². The van der Waals surface area contributed by atoms with Crippen molar-refractivity contribution in [2.45, 2.75) is 134 Å². The molecule has 4 heteroatoms. The van der Waals surface area contributed by atoms with Crippen molar-refractivity contribution in [1.82, 2.24) is 0 Å². The van der Waals surface area contributed by atoms with Gasteiger partial charge in [-0.2, -0.15) is 0 Å². The van der Waals surface area contributed by atoms with Crippen molar-refractivity contribution >= 4 is 7.48 Å². The molecule has 0 amide bonds. The molecule has 3 nitrogen and oxygen atoms in total. The Morgan fingerprint density at radius 3 is 2.66 bits per heavy atom. The second-order valence-electron chi connectivity index (χ2n) is 13.2. The highest BCUT2D eigenvalue weighted by atomic mass is 16.5. The minimum absolute atomic E-state index is 0.119. The van der Waals surface area contributed by atoms with Crippen LogP contribution >= 0.6 is 0 Å². The van der Waals surface area contributed by atoms with E-state index in [0.717, 1.165) is 13.9 Å². The maximum atomic E-state index is 10.6. The van der Waals surface area contributed by atoms with Crippen molar-refractivity contribution in [2.75, 3.05) is 0 Å². The molecule has 2 fully saturated rings. The van der Waals surface area contributed by atoms with Crippen molar-refractivity contribution in [3.05, 3.63) is 46.1 Å². The fourth-order valence-corrected chi connectivity index (χ4v) is 8.30. The maximum absolute atomic E-state index is 10.6. The van der Waals surface area contributed by atoms with Crippen LogP contribution in [0.3, 0.4) is 0 Å². The summed E-state index contributed by atoms with van der Waals surface area (Å²) in [5, 5.41) is 10.6. The van der Waals surface area contributed by atoms with Gasteiger partial charge in [-0.3, -0.25) is 0 Å². The summed E-state index contributed by atoms with van der Waals surface area (Å²) in [7, 11) is 0.733. The zero-order chi connectivity index (χ0) is 24.4. The van der Waals surface area contributed by atoms with E-state index >= 15 is 0 Å². The lowest BCUT2D eigenvalue weighted by atomic mass is 9.50. The average Bonchev–Trinajstić information content (AvgIpc) is 3.14. The molecular weight excluding hydrogens is 431 g/mol. The molecule has 6 rings (SSSR count). The molecule has 0 radical (unpaired) electrons. The fraction of sp³-hybridized carbons (Fsp3) is 0.742. The fourth-order valence-electron chi connectivity index (χ4n) is 8.30. The molecule has 1 heterocycles. The van der Waals surface area contributed by atoms with Crippen molar-refractivity contribution in [3.8, 4) is 0 Å². The summed E-state index contributed by atoms with van der Waals surface area (Å²) in [5.41, 5.74) is 7.26. The van der Waals surface area contributed by atoms with Gasteiger partial charge in [0.25, 0.3) is 7.48 Å². The molecule has 1 N–H and O–H groups in total. The monoisotopic (exact) mass is 476 g/mol. The lowest BCUT2D eigenvalue weighted by Crippen LogP contribution is -2.55. The molecule has 1 spiro atoms. The summed E-state index contributed by atoms with van der Waals surface area (Å²) in [6.07, 6.45) is 23.0. The van der Waals surface area contributed by atoms with Gasteiger partial charge < -0.3 is 14.5 Å². The molecule has 0 aromatic rings. The van der Waals surface area contributed by atoms with Gasteiger partial charge in [0.2, 0.25) is 0 Å². The number of aliphatic hydroxyl groups is 1. The third-order valence-corrected chi connectivity index (χ3v) is 10.7. The summed E-state index contributed by atoms with van der Waals surface area (Å²) in [4.78, 5) is 0. The third kappa shape index (κ3) is 3.72. The standard InChI is InChI=1S/C31H45BO3/c1-29(2,33)30(3,4)35-32-20-17-18-28-26(19-20)31(25-15-9-10-16-27(25)34-28)23-13-7-5-11-21(23)22-12-6-8-14-24(22)31/h5,11,15,20,26-28,32-33H,6-10,12-14,16-19H2,1-4H3. The molecule has 190 valence electrons. The number of hydrogen-bond acceptors (Lipinski definition) is 3. The van der Waals surface area contributed by atoms with E-state index in [9.17, 15) is 5.11 Å². The Morgan fingerprint density at radius 2 is 1.83 bits per heavy atom. The van der Waals surface area contributed by atoms with Crippen LogP contribution in [0.25, 0.3) is 0 Å². The third-order valence-electron chi connectivity index (χ3n) is 10.7. The van der Waals surface area contributed by atoms with Crippen molar-refractivity contribution in [3.63, 3.8) is 0 Å². The van der Waals surface area contributed by atoms with E-state index in [0.29, 0.717) is 23.9 Å². The van der Waals surface area contributed by atoms with Gasteiger partial charge in [-0.1, -0.05) is 30.2 Å². The van der Waals surface area contributed by atoms with Crippen LogP contribution in [-0.4, -0.2) is 36.0 Å². The van der Waals surface area contributed by atoms with Crippen molar-refractivity contribution in [1.29, 1.82) is 0 Å². The molecule has 6 aliphatic rings. The molecule has 0 aromatic heterocycles. The minimum atomic E-state index is -0.860. The highest BCUT2D eigenvalue weighted by molar-refractivity contribution is 6.29. The van der Waals surface area contributed by atoms with Crippen LogP contribution in [0.2, 0.25) is 5.82 Å². The smallest absolute Gasteiger partial charge is 0.278 e. The largest absolute Gasteiger partial charge is 0.432 e. The van der Waals surface area contributed by atoms with Gasteiger partial charge in [-0.05, 0) is 126 Å². The highest BCUT2D eigenvalue weighted by Gasteiger charge is 2.61. The zero-order valence-corrected chi connectivity index (χ0v) is 22.5. The lowest BCUT2D eigenvalue weighted by Gasteiger charge is -2.58. The molecule has 1 aliphatic heterocycles. The van der Waals surface area contributed by atoms with Crippen LogP contribution in [0, 0.1) is 11.3 Å². The van der Waals surface area contributed by atoms with Crippen LogP contribution < -0.4 is 0 Å². The van der Waals surface area contributed by atoms with E-state index in [1.165, 1.54) is 70.6 Å². The van der Waals surface area contributed by atoms with Crippen LogP contribution in [0.1, 0.15) is 105 Å². The molecular formula is C31H45BO3. The van der Waals surface area contributed by atoms with Gasteiger partial charge in [0, 0.05) is 11.3 Å². The molecule has 5 unspecified atom stereocenters. The molecule has 5 atom stereocenters. The van der Waals surface area contributed by atoms with Crippen molar-refractivity contribution in [2.24, 2.45) is 11.3 Å². The Hall–Kier alpha value is -1.10. The Bertz CT molecular complexity index is 993. The minimum Gasteiger partial charge on any atom is -0.432 e. The summed E-state index contributed by atoms with van der Waals surface area (Å²) in [6, 6.07) is 0.